The zero-order valence-electron chi connectivity index (χ0n) is 5.59. The van der Waals surface area contributed by atoms with Crippen molar-refractivity contribution in [3.8, 4) is 0 Å². The summed E-state index contributed by atoms with van der Waals surface area (Å²) in [5, 5.41) is 0. The van der Waals surface area contributed by atoms with Gasteiger partial charge >= 0.3 is 5.97 Å². The lowest BCUT2D eigenvalue weighted by Gasteiger charge is -2.01. The van der Waals surface area contributed by atoms with Gasteiger partial charge in [-0.3, -0.25) is 4.79 Å². The van der Waals surface area contributed by atoms with Crippen LogP contribution >= 0.6 is 0 Å². The molecule has 0 unspecified atom stereocenters. The summed E-state index contributed by atoms with van der Waals surface area (Å²) in [6.45, 7) is 3.54. The Morgan fingerprint density at radius 1 is 1.78 bits per heavy atom. The van der Waals surface area contributed by atoms with Crippen LogP contribution in [-0.2, 0) is 14.3 Å². The van der Waals surface area contributed by atoms with Crippen molar-refractivity contribution in [2.24, 2.45) is 5.92 Å². The van der Waals surface area contributed by atoms with Gasteiger partial charge in [-0.25, -0.2) is 0 Å². The molecule has 0 saturated carbocycles. The summed E-state index contributed by atoms with van der Waals surface area (Å²) in [7, 11) is 0. The summed E-state index contributed by atoms with van der Waals surface area (Å²) in [6, 6.07) is 0. The van der Waals surface area contributed by atoms with Crippen LogP contribution in [0.1, 0.15) is 13.8 Å². The maximum atomic E-state index is 10.5. The van der Waals surface area contributed by atoms with Crippen molar-refractivity contribution >= 4 is 12.3 Å². The molecular formula is C6H10O3. The van der Waals surface area contributed by atoms with Gasteiger partial charge in [0.05, 0.1) is 6.61 Å². The zero-order chi connectivity index (χ0) is 7.28. The maximum Gasteiger partial charge on any atom is 0.315 e. The zero-order valence-corrected chi connectivity index (χ0v) is 5.59. The first-order valence-corrected chi connectivity index (χ1v) is 2.84. The summed E-state index contributed by atoms with van der Waals surface area (Å²) in [4.78, 5) is 20.4. The minimum atomic E-state index is -0.620. The van der Waals surface area contributed by atoms with E-state index in [0.29, 0.717) is 12.9 Å². The average Bonchev–Trinajstić information content (AvgIpc) is 1.87. The minimum Gasteiger partial charge on any atom is -0.465 e. The number of ether oxygens (including phenoxy) is 1. The molecule has 0 aliphatic rings. The van der Waals surface area contributed by atoms with E-state index in [9.17, 15) is 9.59 Å². The Morgan fingerprint density at radius 2 is 2.33 bits per heavy atom. The lowest BCUT2D eigenvalue weighted by molar-refractivity contribution is -0.148. The largest absolute Gasteiger partial charge is 0.465 e. The number of carbonyl (C=O) groups is 2. The maximum absolute atomic E-state index is 10.5. The summed E-state index contributed by atoms with van der Waals surface area (Å²) >= 11 is 0. The highest BCUT2D eigenvalue weighted by Gasteiger charge is 2.10. The first kappa shape index (κ1) is 8.14. The first-order valence-electron chi connectivity index (χ1n) is 2.84. The highest BCUT2D eigenvalue weighted by atomic mass is 16.5. The Kier molecular flexibility index (Phi) is 3.67. The summed E-state index contributed by atoms with van der Waals surface area (Å²) < 4.78 is 4.52. The van der Waals surface area contributed by atoms with E-state index in [1.807, 2.05) is 0 Å². The molecule has 0 radical (unpaired) electrons. The average molecular weight is 130 g/mol. The van der Waals surface area contributed by atoms with E-state index < -0.39 is 11.9 Å². The van der Waals surface area contributed by atoms with E-state index in [4.69, 9.17) is 0 Å². The standard InChI is InChI=1S/C6H10O3/c1-3-9-6(8)5(2)4-7/h4-5H,3H2,1-2H3/t5-/m1/s1. The van der Waals surface area contributed by atoms with Gasteiger partial charge in [0.25, 0.3) is 0 Å². The third kappa shape index (κ3) is 2.85. The molecule has 0 amide bonds. The van der Waals surface area contributed by atoms with Crippen molar-refractivity contribution in [3.05, 3.63) is 0 Å². The van der Waals surface area contributed by atoms with Crippen LogP contribution in [0.3, 0.4) is 0 Å². The number of carbonyl (C=O) groups excluding carboxylic acids is 2. The van der Waals surface area contributed by atoms with Gasteiger partial charge in [-0.15, -0.1) is 0 Å². The second-order valence-corrected chi connectivity index (χ2v) is 1.68. The van der Waals surface area contributed by atoms with Crippen molar-refractivity contribution in [3.63, 3.8) is 0 Å². The van der Waals surface area contributed by atoms with Gasteiger partial charge in [0, 0.05) is 0 Å². The normalized spacial score (nSPS) is 12.2. The fraction of sp³-hybridized carbons (Fsp3) is 0.667. The van der Waals surface area contributed by atoms with Gasteiger partial charge in [0.15, 0.2) is 0 Å². The van der Waals surface area contributed by atoms with Crippen LogP contribution in [0.2, 0.25) is 0 Å². The molecule has 0 fully saturated rings. The molecular weight excluding hydrogens is 120 g/mol. The van der Waals surface area contributed by atoms with Crippen molar-refractivity contribution in [2.75, 3.05) is 6.61 Å². The van der Waals surface area contributed by atoms with Gasteiger partial charge in [-0.05, 0) is 13.8 Å². The van der Waals surface area contributed by atoms with E-state index in [1.54, 1.807) is 6.92 Å². The van der Waals surface area contributed by atoms with E-state index in [1.165, 1.54) is 6.92 Å². The summed E-state index contributed by atoms with van der Waals surface area (Å²) in [6.07, 6.45) is 0.567. The van der Waals surface area contributed by atoms with Crippen LogP contribution in [-0.4, -0.2) is 18.9 Å². The fourth-order valence-corrected chi connectivity index (χ4v) is 0.329. The second kappa shape index (κ2) is 4.06. The first-order chi connectivity index (χ1) is 4.22. The third-order valence-corrected chi connectivity index (χ3v) is 0.863. The van der Waals surface area contributed by atoms with Crippen LogP contribution in [0.15, 0.2) is 0 Å². The molecule has 0 rings (SSSR count). The second-order valence-electron chi connectivity index (χ2n) is 1.68. The van der Waals surface area contributed by atoms with Crippen molar-refractivity contribution < 1.29 is 14.3 Å². The van der Waals surface area contributed by atoms with E-state index in [-0.39, 0.29) is 0 Å². The Balaban J connectivity index is 3.58. The predicted molar refractivity (Wildman–Crippen MR) is 31.9 cm³/mol. The molecule has 52 valence electrons. The number of rotatable bonds is 3. The number of hydrogen-bond donors (Lipinski definition) is 0. The number of aldehydes is 1. The highest BCUT2D eigenvalue weighted by Crippen LogP contribution is 1.92. The van der Waals surface area contributed by atoms with Gasteiger partial charge in [-0.2, -0.15) is 0 Å². The van der Waals surface area contributed by atoms with Crippen LogP contribution < -0.4 is 0 Å². The third-order valence-electron chi connectivity index (χ3n) is 0.863. The molecule has 0 bridgehead atoms. The Morgan fingerprint density at radius 3 is 2.67 bits per heavy atom. The molecule has 0 saturated heterocycles. The van der Waals surface area contributed by atoms with Crippen molar-refractivity contribution in [1.29, 1.82) is 0 Å². The van der Waals surface area contributed by atoms with Gasteiger partial charge < -0.3 is 9.53 Å². The van der Waals surface area contributed by atoms with Gasteiger partial charge in [0.2, 0.25) is 0 Å². The molecule has 3 nitrogen and oxygen atoms in total. The van der Waals surface area contributed by atoms with Crippen LogP contribution in [0.25, 0.3) is 0 Å². The quantitative estimate of drug-likeness (QED) is 0.315. The van der Waals surface area contributed by atoms with Crippen LogP contribution in [0.5, 0.6) is 0 Å². The molecule has 1 atom stereocenters. The van der Waals surface area contributed by atoms with Gasteiger partial charge in [-0.1, -0.05) is 0 Å². The summed E-state index contributed by atoms with van der Waals surface area (Å²) in [5.74, 6) is -1.07. The molecule has 0 N–H and O–H groups in total. The molecule has 0 heterocycles. The van der Waals surface area contributed by atoms with Crippen LogP contribution in [0, 0.1) is 5.92 Å². The molecule has 0 aliphatic heterocycles. The number of hydrogen-bond acceptors (Lipinski definition) is 3. The molecule has 0 aromatic carbocycles. The number of esters is 1. The lowest BCUT2D eigenvalue weighted by Crippen LogP contribution is -2.15. The molecule has 3 heteroatoms. The Bertz CT molecular complexity index is 109. The van der Waals surface area contributed by atoms with E-state index in [0.717, 1.165) is 0 Å². The van der Waals surface area contributed by atoms with Gasteiger partial charge in [0.1, 0.15) is 12.2 Å². The van der Waals surface area contributed by atoms with Crippen molar-refractivity contribution in [2.45, 2.75) is 13.8 Å². The van der Waals surface area contributed by atoms with E-state index in [2.05, 4.69) is 4.74 Å². The monoisotopic (exact) mass is 130 g/mol. The predicted octanol–water partition coefficient (Wildman–Crippen LogP) is 0.385. The topological polar surface area (TPSA) is 43.4 Å². The van der Waals surface area contributed by atoms with Crippen LogP contribution in [0.4, 0.5) is 0 Å². The Hall–Kier alpha value is -0.860. The smallest absolute Gasteiger partial charge is 0.315 e. The fourth-order valence-electron chi connectivity index (χ4n) is 0.329. The molecule has 0 aromatic heterocycles. The SMILES string of the molecule is CCOC(=O)[C@H](C)C=O. The molecule has 9 heavy (non-hydrogen) atoms. The van der Waals surface area contributed by atoms with E-state index >= 15 is 0 Å². The molecule has 0 spiro atoms. The minimum absolute atomic E-state index is 0.330. The molecule has 0 aromatic rings. The highest BCUT2D eigenvalue weighted by molar-refractivity contribution is 5.87. The Labute approximate surface area is 54.0 Å². The molecule has 0 aliphatic carbocycles. The lowest BCUT2D eigenvalue weighted by atomic mass is 10.2. The van der Waals surface area contributed by atoms with Crippen molar-refractivity contribution in [1.82, 2.24) is 0 Å². The summed E-state index contributed by atoms with van der Waals surface area (Å²) in [5.41, 5.74) is 0.